The first-order chi connectivity index (χ1) is 7.34. The minimum absolute atomic E-state index is 0.574. The summed E-state index contributed by atoms with van der Waals surface area (Å²) in [7, 11) is 0. The van der Waals surface area contributed by atoms with Crippen LogP contribution in [0, 0.1) is 0 Å². The van der Waals surface area contributed by atoms with Crippen LogP contribution in [-0.4, -0.2) is 9.55 Å². The van der Waals surface area contributed by atoms with Crippen molar-refractivity contribution in [2.75, 3.05) is 0 Å². The van der Waals surface area contributed by atoms with Crippen molar-refractivity contribution < 1.29 is 4.42 Å². The van der Waals surface area contributed by atoms with Crippen LogP contribution in [0.25, 0.3) is 11.5 Å². The average molecular weight is 202 g/mol. The number of fused-ring (bicyclic) bond motifs is 1. The maximum Gasteiger partial charge on any atom is 0.153 e. The van der Waals surface area contributed by atoms with E-state index in [2.05, 4.69) is 22.7 Å². The zero-order chi connectivity index (χ0) is 10.3. The van der Waals surface area contributed by atoms with Crippen LogP contribution < -0.4 is 0 Å². The predicted octanol–water partition coefficient (Wildman–Crippen LogP) is 3.04. The lowest BCUT2D eigenvalue weighted by Gasteiger charge is -2.20. The molecule has 78 valence electrons. The molecule has 1 atom stereocenters. The minimum Gasteiger partial charge on any atom is -0.463 e. The Labute approximate surface area is 88.7 Å². The molecule has 0 fully saturated rings. The first-order valence-electron chi connectivity index (χ1n) is 5.46. The smallest absolute Gasteiger partial charge is 0.153 e. The van der Waals surface area contributed by atoms with E-state index in [0.717, 1.165) is 17.9 Å². The van der Waals surface area contributed by atoms with E-state index in [9.17, 15) is 0 Å². The zero-order valence-corrected chi connectivity index (χ0v) is 8.81. The maximum absolute atomic E-state index is 5.36. The van der Waals surface area contributed by atoms with Gasteiger partial charge in [-0.1, -0.05) is 0 Å². The van der Waals surface area contributed by atoms with Gasteiger partial charge >= 0.3 is 0 Å². The van der Waals surface area contributed by atoms with Crippen molar-refractivity contribution >= 4 is 0 Å². The van der Waals surface area contributed by atoms with Gasteiger partial charge in [0.05, 0.1) is 6.26 Å². The van der Waals surface area contributed by atoms with Gasteiger partial charge in [-0.15, -0.1) is 0 Å². The molecule has 1 unspecified atom stereocenters. The number of hydrogen-bond donors (Lipinski definition) is 0. The fourth-order valence-corrected chi connectivity index (χ4v) is 2.24. The van der Waals surface area contributed by atoms with E-state index in [4.69, 9.17) is 4.42 Å². The molecule has 3 rings (SSSR count). The van der Waals surface area contributed by atoms with E-state index in [-0.39, 0.29) is 0 Å². The molecular weight excluding hydrogens is 188 g/mol. The van der Waals surface area contributed by atoms with Crippen molar-refractivity contribution in [2.24, 2.45) is 0 Å². The third-order valence-electron chi connectivity index (χ3n) is 3.08. The summed E-state index contributed by atoms with van der Waals surface area (Å²) < 4.78 is 7.64. The lowest BCUT2D eigenvalue weighted by atomic mass is 10.1. The molecule has 15 heavy (non-hydrogen) atoms. The van der Waals surface area contributed by atoms with Crippen LogP contribution in [0.4, 0.5) is 0 Å². The molecule has 1 aliphatic rings. The second kappa shape index (κ2) is 3.26. The summed E-state index contributed by atoms with van der Waals surface area (Å²) in [5, 5.41) is 0. The average Bonchev–Trinajstić information content (AvgIpc) is 2.86. The first kappa shape index (κ1) is 8.77. The lowest BCUT2D eigenvalue weighted by Crippen LogP contribution is -2.14. The van der Waals surface area contributed by atoms with E-state index >= 15 is 0 Å². The molecule has 1 aliphatic heterocycles. The highest BCUT2D eigenvalue weighted by Gasteiger charge is 2.19. The summed E-state index contributed by atoms with van der Waals surface area (Å²) in [5.74, 6) is 2.06. The second-order valence-electron chi connectivity index (χ2n) is 4.17. The molecule has 0 radical (unpaired) electrons. The SMILES string of the molecule is CC1CCCc2nc(-c3ccco3)cn21. The molecule has 0 saturated heterocycles. The molecule has 0 saturated carbocycles. The van der Waals surface area contributed by atoms with Gasteiger partial charge in [-0.2, -0.15) is 0 Å². The van der Waals surface area contributed by atoms with Crippen LogP contribution in [0.15, 0.2) is 29.0 Å². The summed E-state index contributed by atoms with van der Waals surface area (Å²) in [6.07, 6.45) is 7.39. The molecule has 0 aromatic carbocycles. The lowest BCUT2D eigenvalue weighted by molar-refractivity contribution is 0.426. The van der Waals surface area contributed by atoms with E-state index in [1.807, 2.05) is 12.1 Å². The van der Waals surface area contributed by atoms with Crippen LogP contribution in [0.5, 0.6) is 0 Å². The number of aryl methyl sites for hydroxylation is 1. The van der Waals surface area contributed by atoms with Gasteiger partial charge in [-0.05, 0) is 31.9 Å². The van der Waals surface area contributed by atoms with Crippen molar-refractivity contribution in [3.05, 3.63) is 30.4 Å². The normalized spacial score (nSPS) is 20.2. The molecule has 3 nitrogen and oxygen atoms in total. The van der Waals surface area contributed by atoms with E-state index in [1.165, 1.54) is 18.7 Å². The Bertz CT molecular complexity index is 456. The molecule has 3 heterocycles. The third kappa shape index (κ3) is 1.39. The van der Waals surface area contributed by atoms with E-state index < -0.39 is 0 Å². The number of aromatic nitrogens is 2. The van der Waals surface area contributed by atoms with Crippen molar-refractivity contribution in [1.82, 2.24) is 9.55 Å². The number of furan rings is 1. The summed E-state index contributed by atoms with van der Waals surface area (Å²) in [6, 6.07) is 4.43. The molecule has 0 bridgehead atoms. The second-order valence-corrected chi connectivity index (χ2v) is 4.17. The fraction of sp³-hybridized carbons (Fsp3) is 0.417. The Morgan fingerprint density at radius 2 is 2.47 bits per heavy atom. The summed E-state index contributed by atoms with van der Waals surface area (Å²) in [4.78, 5) is 4.61. The number of hydrogen-bond acceptors (Lipinski definition) is 2. The number of nitrogens with zero attached hydrogens (tertiary/aromatic N) is 2. The molecule has 3 heteroatoms. The first-order valence-corrected chi connectivity index (χ1v) is 5.46. The molecule has 0 N–H and O–H groups in total. The van der Waals surface area contributed by atoms with E-state index in [1.54, 1.807) is 6.26 Å². The van der Waals surface area contributed by atoms with Gasteiger partial charge in [0.2, 0.25) is 0 Å². The quantitative estimate of drug-likeness (QED) is 0.711. The topological polar surface area (TPSA) is 31.0 Å². The molecule has 2 aromatic heterocycles. The Morgan fingerprint density at radius 3 is 3.20 bits per heavy atom. The van der Waals surface area contributed by atoms with Gasteiger partial charge < -0.3 is 8.98 Å². The third-order valence-corrected chi connectivity index (χ3v) is 3.08. The van der Waals surface area contributed by atoms with Crippen LogP contribution >= 0.6 is 0 Å². The van der Waals surface area contributed by atoms with Crippen LogP contribution in [0.1, 0.15) is 31.6 Å². The summed E-state index contributed by atoms with van der Waals surface area (Å²) in [5.41, 5.74) is 0.962. The van der Waals surface area contributed by atoms with Gasteiger partial charge in [0.1, 0.15) is 11.5 Å². The predicted molar refractivity (Wildman–Crippen MR) is 57.6 cm³/mol. The summed E-state index contributed by atoms with van der Waals surface area (Å²) >= 11 is 0. The standard InChI is InChI=1S/C12H14N2O/c1-9-4-2-6-12-13-10(8-14(9)12)11-5-3-7-15-11/h3,5,7-9H,2,4,6H2,1H3. The van der Waals surface area contributed by atoms with Gasteiger partial charge in [0.25, 0.3) is 0 Å². The Morgan fingerprint density at radius 1 is 1.53 bits per heavy atom. The Hall–Kier alpha value is -1.51. The van der Waals surface area contributed by atoms with Crippen molar-refractivity contribution in [2.45, 2.75) is 32.2 Å². The molecule has 0 spiro atoms. The highest BCUT2D eigenvalue weighted by Crippen LogP contribution is 2.28. The highest BCUT2D eigenvalue weighted by molar-refractivity contribution is 5.51. The van der Waals surface area contributed by atoms with Gasteiger partial charge in [-0.25, -0.2) is 4.98 Å². The molecule has 2 aromatic rings. The van der Waals surface area contributed by atoms with Crippen LogP contribution in [0.2, 0.25) is 0 Å². The van der Waals surface area contributed by atoms with Gasteiger partial charge in [0, 0.05) is 18.7 Å². The minimum atomic E-state index is 0.574. The Kier molecular flexibility index (Phi) is 1.91. The highest BCUT2D eigenvalue weighted by atomic mass is 16.3. The zero-order valence-electron chi connectivity index (χ0n) is 8.81. The number of rotatable bonds is 1. The fourth-order valence-electron chi connectivity index (χ4n) is 2.24. The van der Waals surface area contributed by atoms with E-state index in [0.29, 0.717) is 6.04 Å². The van der Waals surface area contributed by atoms with Gasteiger partial charge in [-0.3, -0.25) is 0 Å². The Balaban J connectivity index is 2.06. The largest absolute Gasteiger partial charge is 0.463 e. The summed E-state index contributed by atoms with van der Waals surface area (Å²) in [6.45, 7) is 2.25. The number of imidazole rings is 1. The van der Waals surface area contributed by atoms with Crippen molar-refractivity contribution in [3.8, 4) is 11.5 Å². The maximum atomic E-state index is 5.36. The van der Waals surface area contributed by atoms with Crippen molar-refractivity contribution in [1.29, 1.82) is 0 Å². The molecule has 0 aliphatic carbocycles. The molecule has 0 amide bonds. The van der Waals surface area contributed by atoms with Crippen molar-refractivity contribution in [3.63, 3.8) is 0 Å². The monoisotopic (exact) mass is 202 g/mol. The van der Waals surface area contributed by atoms with Gasteiger partial charge in [0.15, 0.2) is 5.76 Å². The van der Waals surface area contributed by atoms with Crippen LogP contribution in [-0.2, 0) is 6.42 Å². The molecular formula is C12H14N2O. The van der Waals surface area contributed by atoms with Crippen LogP contribution in [0.3, 0.4) is 0 Å².